The maximum absolute atomic E-state index is 3.71. The van der Waals surface area contributed by atoms with Gasteiger partial charge in [0.1, 0.15) is 0 Å². The van der Waals surface area contributed by atoms with Crippen LogP contribution < -0.4 is 10.6 Å². The number of hydrogen-bond donors (Lipinski definition) is 2. The van der Waals surface area contributed by atoms with E-state index >= 15 is 0 Å². The Morgan fingerprint density at radius 1 is 0.929 bits per heavy atom. The predicted molar refractivity (Wildman–Crippen MR) is 56.9 cm³/mol. The van der Waals surface area contributed by atoms with Crippen LogP contribution in [0, 0.1) is 5.92 Å². The molecule has 4 saturated heterocycles. The molecule has 80 valence electrons. The molecule has 0 aromatic rings. The number of nitrogens with zero attached hydrogens (tertiary/aromatic N) is 1. The van der Waals surface area contributed by atoms with E-state index in [0.717, 1.165) is 19.0 Å². The lowest BCUT2D eigenvalue weighted by Crippen LogP contribution is -2.71. The van der Waals surface area contributed by atoms with Gasteiger partial charge >= 0.3 is 0 Å². The molecule has 4 aliphatic rings. The summed E-state index contributed by atoms with van der Waals surface area (Å²) in [5, 5.41) is 7.25. The molecule has 4 aliphatic heterocycles. The molecule has 3 heteroatoms. The Morgan fingerprint density at radius 2 is 1.64 bits per heavy atom. The van der Waals surface area contributed by atoms with Crippen molar-refractivity contribution in [3.63, 3.8) is 0 Å². The number of rotatable bonds is 1. The van der Waals surface area contributed by atoms with Crippen LogP contribution >= 0.6 is 0 Å². The van der Waals surface area contributed by atoms with Crippen LogP contribution in [-0.4, -0.2) is 49.9 Å². The summed E-state index contributed by atoms with van der Waals surface area (Å²) in [6, 6.07) is 0. The van der Waals surface area contributed by atoms with Gasteiger partial charge in [-0.2, -0.15) is 0 Å². The Kier molecular flexibility index (Phi) is 2.26. The molecule has 4 fully saturated rings. The van der Waals surface area contributed by atoms with Crippen molar-refractivity contribution in [2.45, 2.75) is 25.4 Å². The van der Waals surface area contributed by atoms with Crippen LogP contribution in [0.25, 0.3) is 0 Å². The van der Waals surface area contributed by atoms with Crippen LogP contribution in [-0.2, 0) is 0 Å². The minimum atomic E-state index is 0.713. The van der Waals surface area contributed by atoms with E-state index in [4.69, 9.17) is 0 Å². The number of piperazine rings is 1. The number of nitrogens with one attached hydrogen (secondary N) is 2. The first kappa shape index (κ1) is 9.13. The van der Waals surface area contributed by atoms with E-state index in [1.165, 1.54) is 49.9 Å². The van der Waals surface area contributed by atoms with Gasteiger partial charge in [-0.15, -0.1) is 0 Å². The zero-order valence-corrected chi connectivity index (χ0v) is 8.97. The fourth-order valence-electron chi connectivity index (χ4n) is 3.58. The normalized spacial score (nSPS) is 48.0. The van der Waals surface area contributed by atoms with Crippen molar-refractivity contribution in [3.8, 4) is 0 Å². The molecule has 2 N–H and O–H groups in total. The molecule has 14 heavy (non-hydrogen) atoms. The fraction of sp³-hybridized carbons (Fsp3) is 1.00. The molecule has 0 spiro atoms. The van der Waals surface area contributed by atoms with Gasteiger partial charge in [0, 0.05) is 13.1 Å². The van der Waals surface area contributed by atoms with Gasteiger partial charge in [0.15, 0.2) is 6.17 Å². The summed E-state index contributed by atoms with van der Waals surface area (Å²) in [6.07, 6.45) is 5.17. The van der Waals surface area contributed by atoms with Gasteiger partial charge in [-0.1, -0.05) is 0 Å². The molecule has 2 bridgehead atoms. The van der Waals surface area contributed by atoms with Crippen molar-refractivity contribution >= 4 is 0 Å². The molecule has 0 aliphatic carbocycles. The Hall–Kier alpha value is -0.120. The first-order chi connectivity index (χ1) is 6.89. The van der Waals surface area contributed by atoms with Crippen LogP contribution in [0.4, 0.5) is 0 Å². The van der Waals surface area contributed by atoms with Crippen molar-refractivity contribution in [1.82, 2.24) is 10.6 Å². The van der Waals surface area contributed by atoms with Crippen LogP contribution in [0.3, 0.4) is 0 Å². The fourth-order valence-corrected chi connectivity index (χ4v) is 3.58. The smallest absolute Gasteiger partial charge is 0.155 e. The predicted octanol–water partition coefficient (Wildman–Crippen LogP) is 0.136. The zero-order chi connectivity index (χ0) is 9.43. The summed E-state index contributed by atoms with van der Waals surface area (Å²) in [5.41, 5.74) is 0. The number of quaternary nitrogens is 1. The Bertz CT molecular complexity index is 189. The van der Waals surface area contributed by atoms with Crippen LogP contribution in [0.1, 0.15) is 19.3 Å². The minimum absolute atomic E-state index is 0.713. The highest BCUT2D eigenvalue weighted by Crippen LogP contribution is 2.35. The summed E-state index contributed by atoms with van der Waals surface area (Å²) in [5.74, 6) is 1.08. The average Bonchev–Trinajstić information content (AvgIpc) is 2.33. The largest absolute Gasteiger partial charge is 0.309 e. The summed E-state index contributed by atoms with van der Waals surface area (Å²) < 4.78 is 1.38. The Morgan fingerprint density at radius 3 is 2.21 bits per heavy atom. The van der Waals surface area contributed by atoms with Crippen LogP contribution in [0.5, 0.6) is 0 Å². The molecule has 0 radical (unpaired) electrons. The molecule has 1 unspecified atom stereocenters. The van der Waals surface area contributed by atoms with Gasteiger partial charge in [-0.25, -0.2) is 0 Å². The van der Waals surface area contributed by atoms with E-state index in [1.54, 1.807) is 0 Å². The second kappa shape index (κ2) is 3.47. The Labute approximate surface area is 86.4 Å². The maximum atomic E-state index is 3.71. The highest BCUT2D eigenvalue weighted by molar-refractivity contribution is 4.77. The van der Waals surface area contributed by atoms with E-state index < -0.39 is 0 Å². The van der Waals surface area contributed by atoms with E-state index in [1.807, 2.05) is 0 Å². The van der Waals surface area contributed by atoms with Gasteiger partial charge < -0.3 is 9.80 Å². The molecule has 1 atom stereocenters. The van der Waals surface area contributed by atoms with Crippen molar-refractivity contribution in [2.75, 3.05) is 39.3 Å². The van der Waals surface area contributed by atoms with Gasteiger partial charge in [0.25, 0.3) is 0 Å². The van der Waals surface area contributed by atoms with Gasteiger partial charge in [-0.3, -0.25) is 5.32 Å². The van der Waals surface area contributed by atoms with Gasteiger partial charge in [0.05, 0.1) is 26.2 Å². The highest BCUT2D eigenvalue weighted by atomic mass is 15.5. The van der Waals surface area contributed by atoms with Crippen LogP contribution in [0.2, 0.25) is 0 Å². The molecular formula is C11H22N3+. The SMILES string of the molecule is C1CNC([N+]23CCC(CC2)CC3)CN1. The Balaban J connectivity index is 1.73. The van der Waals surface area contributed by atoms with Gasteiger partial charge in [0.2, 0.25) is 0 Å². The van der Waals surface area contributed by atoms with E-state index in [-0.39, 0.29) is 0 Å². The summed E-state index contributed by atoms with van der Waals surface area (Å²) in [6.45, 7) is 7.80. The topological polar surface area (TPSA) is 24.1 Å². The number of fused-ring (bicyclic) bond motifs is 3. The zero-order valence-electron chi connectivity index (χ0n) is 8.97. The number of hydrogen-bond acceptors (Lipinski definition) is 2. The standard InChI is InChI=1S/C11H22N3/c1-6-14(7-2-10(1)3-8-14)11-9-12-4-5-13-11/h10-13H,1-9H2/q+1. The third-order valence-electron chi connectivity index (χ3n) is 4.63. The summed E-state index contributed by atoms with van der Waals surface area (Å²) in [7, 11) is 0. The van der Waals surface area contributed by atoms with Crippen molar-refractivity contribution in [1.29, 1.82) is 0 Å². The number of piperidine rings is 3. The third kappa shape index (κ3) is 1.38. The molecule has 4 rings (SSSR count). The second-order valence-electron chi connectivity index (χ2n) is 5.30. The lowest BCUT2D eigenvalue weighted by atomic mass is 9.85. The first-order valence-electron chi connectivity index (χ1n) is 6.19. The lowest BCUT2D eigenvalue weighted by Gasteiger charge is -2.54. The molecule has 0 aromatic heterocycles. The van der Waals surface area contributed by atoms with E-state index in [2.05, 4.69) is 10.6 Å². The lowest BCUT2D eigenvalue weighted by molar-refractivity contribution is -0.967. The van der Waals surface area contributed by atoms with Gasteiger partial charge in [-0.05, 0) is 25.2 Å². The van der Waals surface area contributed by atoms with Crippen molar-refractivity contribution in [2.24, 2.45) is 5.92 Å². The monoisotopic (exact) mass is 196 g/mol. The molecular weight excluding hydrogens is 174 g/mol. The third-order valence-corrected chi connectivity index (χ3v) is 4.63. The molecule has 3 nitrogen and oxygen atoms in total. The van der Waals surface area contributed by atoms with E-state index in [9.17, 15) is 0 Å². The average molecular weight is 196 g/mol. The maximum Gasteiger partial charge on any atom is 0.155 e. The van der Waals surface area contributed by atoms with Crippen LogP contribution in [0.15, 0.2) is 0 Å². The summed E-state index contributed by atoms with van der Waals surface area (Å²) >= 11 is 0. The first-order valence-corrected chi connectivity index (χ1v) is 6.19. The highest BCUT2D eigenvalue weighted by Gasteiger charge is 2.45. The van der Waals surface area contributed by atoms with E-state index in [0.29, 0.717) is 6.17 Å². The second-order valence-corrected chi connectivity index (χ2v) is 5.30. The minimum Gasteiger partial charge on any atom is -0.309 e. The quantitative estimate of drug-likeness (QED) is 0.583. The van der Waals surface area contributed by atoms with Crippen molar-refractivity contribution in [3.05, 3.63) is 0 Å². The molecule has 0 saturated carbocycles. The molecule has 0 amide bonds. The summed E-state index contributed by atoms with van der Waals surface area (Å²) in [4.78, 5) is 0. The van der Waals surface area contributed by atoms with Crippen molar-refractivity contribution < 1.29 is 4.48 Å². The molecule has 4 heterocycles. The molecule has 0 aromatic carbocycles.